The van der Waals surface area contributed by atoms with E-state index in [0.717, 1.165) is 11.1 Å². The predicted octanol–water partition coefficient (Wildman–Crippen LogP) is 5.28. The van der Waals surface area contributed by atoms with Gasteiger partial charge in [-0.25, -0.2) is 9.79 Å². The van der Waals surface area contributed by atoms with E-state index in [1.54, 1.807) is 56.7 Å². The Morgan fingerprint density at radius 3 is 2.47 bits per heavy atom. The van der Waals surface area contributed by atoms with Crippen molar-refractivity contribution >= 4 is 29.5 Å². The van der Waals surface area contributed by atoms with E-state index in [9.17, 15) is 4.79 Å². The van der Waals surface area contributed by atoms with Crippen molar-refractivity contribution < 1.29 is 23.7 Å². The largest absolute Gasteiger partial charge is 0.497 e. The van der Waals surface area contributed by atoms with Gasteiger partial charge in [-0.2, -0.15) is 0 Å². The molecule has 0 aromatic heterocycles. The molecule has 0 bridgehead atoms. The molecule has 0 spiro atoms. The highest BCUT2D eigenvalue weighted by Crippen LogP contribution is 2.31. The molecule has 0 radical (unpaired) electrons. The van der Waals surface area contributed by atoms with Crippen molar-refractivity contribution in [1.82, 2.24) is 0 Å². The van der Waals surface area contributed by atoms with Crippen molar-refractivity contribution in [2.75, 3.05) is 14.2 Å². The molecule has 0 saturated heterocycles. The lowest BCUT2D eigenvalue weighted by Crippen LogP contribution is -2.05. The highest BCUT2D eigenvalue weighted by atomic mass is 35.5. The summed E-state index contributed by atoms with van der Waals surface area (Å²) < 4.78 is 21.8. The number of carbonyl (C=O) groups excluding carboxylic acids is 1. The Balaban J connectivity index is 1.53. The number of hydrogen-bond donors (Lipinski definition) is 0. The van der Waals surface area contributed by atoms with Gasteiger partial charge < -0.3 is 18.9 Å². The van der Waals surface area contributed by atoms with Gasteiger partial charge in [0.25, 0.3) is 0 Å². The van der Waals surface area contributed by atoms with Crippen LogP contribution in [0.2, 0.25) is 5.02 Å². The molecule has 1 aliphatic rings. The average molecular weight is 450 g/mol. The Morgan fingerprint density at radius 1 is 0.969 bits per heavy atom. The fourth-order valence-electron chi connectivity index (χ4n) is 3.09. The summed E-state index contributed by atoms with van der Waals surface area (Å²) in [5.41, 5.74) is 2.47. The molecule has 32 heavy (non-hydrogen) atoms. The molecule has 0 aliphatic carbocycles. The third-order valence-electron chi connectivity index (χ3n) is 4.79. The van der Waals surface area contributed by atoms with Crippen LogP contribution in [0.1, 0.15) is 16.7 Å². The lowest BCUT2D eigenvalue weighted by Gasteiger charge is -2.12. The Morgan fingerprint density at radius 2 is 1.75 bits per heavy atom. The Kier molecular flexibility index (Phi) is 6.42. The number of esters is 1. The smallest absolute Gasteiger partial charge is 0.363 e. The van der Waals surface area contributed by atoms with Crippen LogP contribution >= 0.6 is 11.6 Å². The van der Waals surface area contributed by atoms with E-state index in [1.807, 2.05) is 30.3 Å². The van der Waals surface area contributed by atoms with Crippen LogP contribution in [-0.4, -0.2) is 26.1 Å². The van der Waals surface area contributed by atoms with Crippen LogP contribution in [0.15, 0.2) is 77.4 Å². The number of methoxy groups -OCH3 is 2. The molecule has 1 aliphatic heterocycles. The first-order chi connectivity index (χ1) is 15.6. The van der Waals surface area contributed by atoms with E-state index in [4.69, 9.17) is 30.5 Å². The van der Waals surface area contributed by atoms with Crippen molar-refractivity contribution in [3.63, 3.8) is 0 Å². The number of aliphatic imine (C=N–C) groups is 1. The summed E-state index contributed by atoms with van der Waals surface area (Å²) in [6, 6.07) is 19.9. The van der Waals surface area contributed by atoms with Crippen molar-refractivity contribution in [1.29, 1.82) is 0 Å². The minimum atomic E-state index is -0.520. The van der Waals surface area contributed by atoms with Gasteiger partial charge in [-0.3, -0.25) is 0 Å². The fourth-order valence-corrected chi connectivity index (χ4v) is 3.28. The SMILES string of the molecule is COc1ccc(C2=N/C(=C/c3ccc(OCc4ccccc4Cl)c(OC)c3)C(=O)O2)cc1. The van der Waals surface area contributed by atoms with E-state index in [-0.39, 0.29) is 11.6 Å². The van der Waals surface area contributed by atoms with Crippen LogP contribution < -0.4 is 14.2 Å². The summed E-state index contributed by atoms with van der Waals surface area (Å²) in [7, 11) is 3.14. The lowest BCUT2D eigenvalue weighted by atomic mass is 10.1. The third kappa shape index (κ3) is 4.76. The molecule has 0 saturated carbocycles. The zero-order valence-corrected chi connectivity index (χ0v) is 18.3. The number of rotatable bonds is 7. The lowest BCUT2D eigenvalue weighted by molar-refractivity contribution is -0.129. The number of cyclic esters (lactones) is 1. The van der Waals surface area contributed by atoms with Gasteiger partial charge in [0, 0.05) is 16.1 Å². The third-order valence-corrected chi connectivity index (χ3v) is 5.16. The normalized spacial score (nSPS) is 14.2. The maximum atomic E-state index is 12.3. The molecule has 1 heterocycles. The van der Waals surface area contributed by atoms with Crippen LogP contribution in [0.4, 0.5) is 0 Å². The number of carbonyl (C=O) groups is 1. The Labute approximate surface area is 190 Å². The second-order valence-corrected chi connectivity index (χ2v) is 7.26. The van der Waals surface area contributed by atoms with Crippen molar-refractivity contribution in [3.8, 4) is 17.2 Å². The quantitative estimate of drug-likeness (QED) is 0.362. The minimum absolute atomic E-state index is 0.197. The molecule has 4 rings (SSSR count). The number of hydrogen-bond acceptors (Lipinski definition) is 6. The van der Waals surface area contributed by atoms with Gasteiger partial charge in [0.05, 0.1) is 14.2 Å². The molecular formula is C25H20ClNO5. The van der Waals surface area contributed by atoms with Crippen LogP contribution in [-0.2, 0) is 16.1 Å². The first-order valence-corrected chi connectivity index (χ1v) is 10.2. The summed E-state index contributed by atoms with van der Waals surface area (Å²) in [5, 5.41) is 0.637. The van der Waals surface area contributed by atoms with Crippen LogP contribution in [0, 0.1) is 0 Å². The number of benzene rings is 3. The van der Waals surface area contributed by atoms with Crippen LogP contribution in [0.25, 0.3) is 6.08 Å². The molecule has 0 unspecified atom stereocenters. The topological polar surface area (TPSA) is 66.3 Å². The van der Waals surface area contributed by atoms with Crippen molar-refractivity contribution in [3.05, 3.63) is 94.1 Å². The van der Waals surface area contributed by atoms with Gasteiger partial charge in [0.1, 0.15) is 12.4 Å². The highest BCUT2D eigenvalue weighted by molar-refractivity contribution is 6.31. The first-order valence-electron chi connectivity index (χ1n) is 9.78. The molecule has 162 valence electrons. The van der Waals surface area contributed by atoms with Gasteiger partial charge in [0.15, 0.2) is 17.2 Å². The number of ether oxygens (including phenoxy) is 4. The molecule has 6 nitrogen and oxygen atoms in total. The van der Waals surface area contributed by atoms with Gasteiger partial charge in [0.2, 0.25) is 5.90 Å². The van der Waals surface area contributed by atoms with Gasteiger partial charge in [-0.15, -0.1) is 0 Å². The zero-order valence-electron chi connectivity index (χ0n) is 17.5. The molecule has 3 aromatic rings. The second-order valence-electron chi connectivity index (χ2n) is 6.85. The molecule has 7 heteroatoms. The molecule has 3 aromatic carbocycles. The molecule has 0 fully saturated rings. The summed E-state index contributed by atoms with van der Waals surface area (Å²) in [5.74, 6) is 1.52. The Bertz CT molecular complexity index is 1200. The van der Waals surface area contributed by atoms with Gasteiger partial charge in [-0.1, -0.05) is 35.9 Å². The van der Waals surface area contributed by atoms with E-state index >= 15 is 0 Å². The molecule has 0 amide bonds. The minimum Gasteiger partial charge on any atom is -0.497 e. The van der Waals surface area contributed by atoms with Gasteiger partial charge >= 0.3 is 5.97 Å². The molecular weight excluding hydrogens is 430 g/mol. The predicted molar refractivity (Wildman–Crippen MR) is 122 cm³/mol. The first kappa shape index (κ1) is 21.5. The Hall–Kier alpha value is -3.77. The maximum Gasteiger partial charge on any atom is 0.363 e. The van der Waals surface area contributed by atoms with Crippen molar-refractivity contribution in [2.45, 2.75) is 6.61 Å². The molecule has 0 N–H and O–H groups in total. The standard InChI is InChI=1S/C25H20ClNO5/c1-29-19-10-8-17(9-11-19)24-27-21(25(28)32-24)13-16-7-12-22(23(14-16)30-2)31-15-18-5-3-4-6-20(18)26/h3-14H,15H2,1-2H3/b21-13+. The van der Waals surface area contributed by atoms with E-state index in [0.29, 0.717) is 34.4 Å². The maximum absolute atomic E-state index is 12.3. The second kappa shape index (κ2) is 9.58. The van der Waals surface area contributed by atoms with Gasteiger partial charge in [-0.05, 0) is 54.1 Å². The van der Waals surface area contributed by atoms with E-state index < -0.39 is 5.97 Å². The monoisotopic (exact) mass is 449 g/mol. The summed E-state index contributed by atoms with van der Waals surface area (Å²) >= 11 is 6.19. The summed E-state index contributed by atoms with van der Waals surface area (Å²) in [4.78, 5) is 16.6. The van der Waals surface area contributed by atoms with Crippen LogP contribution in [0.3, 0.4) is 0 Å². The summed E-state index contributed by atoms with van der Waals surface area (Å²) in [6.07, 6.45) is 1.64. The molecule has 0 atom stereocenters. The van der Waals surface area contributed by atoms with E-state index in [2.05, 4.69) is 4.99 Å². The number of halogens is 1. The average Bonchev–Trinajstić information content (AvgIpc) is 3.19. The fraction of sp³-hybridized carbons (Fsp3) is 0.120. The van der Waals surface area contributed by atoms with E-state index in [1.165, 1.54) is 0 Å². The van der Waals surface area contributed by atoms with Crippen molar-refractivity contribution in [2.24, 2.45) is 4.99 Å². The summed E-state index contributed by atoms with van der Waals surface area (Å²) in [6.45, 7) is 0.304. The van der Waals surface area contributed by atoms with Crippen LogP contribution in [0.5, 0.6) is 17.2 Å². The highest BCUT2D eigenvalue weighted by Gasteiger charge is 2.24. The zero-order chi connectivity index (χ0) is 22.5. The number of nitrogens with zero attached hydrogens (tertiary/aromatic N) is 1.